The summed E-state index contributed by atoms with van der Waals surface area (Å²) >= 11 is 0. The van der Waals surface area contributed by atoms with E-state index in [1.807, 2.05) is 32.9 Å². The summed E-state index contributed by atoms with van der Waals surface area (Å²) in [5.41, 5.74) is 6.11. The van der Waals surface area contributed by atoms with E-state index in [0.717, 1.165) is 27.9 Å². The zero-order chi connectivity index (χ0) is 17.0. The van der Waals surface area contributed by atoms with Gasteiger partial charge in [-0.05, 0) is 61.1 Å². The van der Waals surface area contributed by atoms with Gasteiger partial charge in [0.25, 0.3) is 0 Å². The number of aliphatic imine (C=N–C) groups is 1. The van der Waals surface area contributed by atoms with Crippen molar-refractivity contribution in [2.45, 2.75) is 47.0 Å². The number of aryl methyl sites for hydroxylation is 2. The zero-order valence-corrected chi connectivity index (χ0v) is 14.7. The predicted octanol–water partition coefficient (Wildman–Crippen LogP) is 5.57. The smallest absolute Gasteiger partial charge is 0.167 e. The van der Waals surface area contributed by atoms with Gasteiger partial charge in [-0.1, -0.05) is 38.1 Å². The van der Waals surface area contributed by atoms with Crippen molar-refractivity contribution in [1.29, 1.82) is 0 Å². The van der Waals surface area contributed by atoms with Gasteiger partial charge < -0.3 is 0 Å². The molecule has 2 aromatic carbocycles. The number of Topliss-reactive ketones (excluding diaryl/α,β-unsaturated/α-hetero) is 1. The van der Waals surface area contributed by atoms with Gasteiger partial charge in [-0.2, -0.15) is 0 Å². The fourth-order valence-corrected chi connectivity index (χ4v) is 2.68. The molecular weight excluding hydrogens is 282 g/mol. The van der Waals surface area contributed by atoms with E-state index in [0.29, 0.717) is 12.3 Å². The molecule has 2 nitrogen and oxygen atoms in total. The van der Waals surface area contributed by atoms with Crippen LogP contribution in [0.5, 0.6) is 0 Å². The van der Waals surface area contributed by atoms with E-state index in [1.165, 1.54) is 5.56 Å². The topological polar surface area (TPSA) is 29.4 Å². The van der Waals surface area contributed by atoms with E-state index in [2.05, 4.69) is 43.1 Å². The van der Waals surface area contributed by atoms with E-state index in [-0.39, 0.29) is 5.78 Å². The third-order valence-corrected chi connectivity index (χ3v) is 4.12. The second-order valence-corrected chi connectivity index (χ2v) is 6.34. The van der Waals surface area contributed by atoms with Crippen molar-refractivity contribution in [2.75, 3.05) is 0 Å². The van der Waals surface area contributed by atoms with Gasteiger partial charge in [0.15, 0.2) is 5.78 Å². The van der Waals surface area contributed by atoms with E-state index in [1.54, 1.807) is 6.21 Å². The zero-order valence-electron chi connectivity index (χ0n) is 14.7. The van der Waals surface area contributed by atoms with Crippen LogP contribution in [0.2, 0.25) is 0 Å². The SMILES string of the molecule is CC=Nc1cc(C)c(C(=O)Cc2ccc(C(C)C)cc2)cc1C. The van der Waals surface area contributed by atoms with Crippen molar-refractivity contribution in [3.05, 3.63) is 64.2 Å². The summed E-state index contributed by atoms with van der Waals surface area (Å²) in [6.45, 7) is 10.2. The monoisotopic (exact) mass is 307 g/mol. The summed E-state index contributed by atoms with van der Waals surface area (Å²) in [7, 11) is 0. The highest BCUT2D eigenvalue weighted by molar-refractivity contribution is 5.99. The van der Waals surface area contributed by atoms with Crippen molar-refractivity contribution >= 4 is 17.7 Å². The Kier molecular flexibility index (Phi) is 5.49. The molecule has 2 rings (SSSR count). The van der Waals surface area contributed by atoms with Gasteiger partial charge in [-0.3, -0.25) is 9.79 Å². The lowest BCUT2D eigenvalue weighted by Gasteiger charge is -2.10. The van der Waals surface area contributed by atoms with Crippen molar-refractivity contribution in [1.82, 2.24) is 0 Å². The first-order valence-electron chi connectivity index (χ1n) is 8.14. The Bertz CT molecular complexity index is 724. The minimum Gasteiger partial charge on any atom is -0.294 e. The highest BCUT2D eigenvalue weighted by Crippen LogP contribution is 2.24. The van der Waals surface area contributed by atoms with Crippen molar-refractivity contribution in [2.24, 2.45) is 4.99 Å². The number of carbonyl (C=O) groups excluding carboxylic acids is 1. The molecule has 2 heteroatoms. The lowest BCUT2D eigenvalue weighted by Crippen LogP contribution is -2.06. The van der Waals surface area contributed by atoms with Gasteiger partial charge in [0.2, 0.25) is 0 Å². The minimum atomic E-state index is 0.162. The Morgan fingerprint density at radius 2 is 1.74 bits per heavy atom. The first kappa shape index (κ1) is 17.1. The molecular formula is C21H25NO. The molecule has 0 radical (unpaired) electrons. The number of rotatable bonds is 5. The second-order valence-electron chi connectivity index (χ2n) is 6.34. The van der Waals surface area contributed by atoms with Crippen LogP contribution in [0.3, 0.4) is 0 Å². The number of carbonyl (C=O) groups is 1. The Hall–Kier alpha value is -2.22. The highest BCUT2D eigenvalue weighted by atomic mass is 16.1. The first-order valence-corrected chi connectivity index (χ1v) is 8.14. The van der Waals surface area contributed by atoms with Crippen LogP contribution in [-0.2, 0) is 6.42 Å². The van der Waals surface area contributed by atoms with Crippen molar-refractivity contribution < 1.29 is 4.79 Å². The molecule has 0 N–H and O–H groups in total. The van der Waals surface area contributed by atoms with Crippen LogP contribution in [0.4, 0.5) is 5.69 Å². The number of ketones is 1. The first-order chi connectivity index (χ1) is 10.9. The number of hydrogen-bond acceptors (Lipinski definition) is 2. The molecule has 0 saturated carbocycles. The molecule has 0 heterocycles. The lowest BCUT2D eigenvalue weighted by molar-refractivity contribution is 0.0992. The van der Waals surface area contributed by atoms with E-state index in [4.69, 9.17) is 0 Å². The van der Waals surface area contributed by atoms with Crippen LogP contribution in [0.15, 0.2) is 41.4 Å². The Morgan fingerprint density at radius 3 is 2.30 bits per heavy atom. The Balaban J connectivity index is 2.22. The van der Waals surface area contributed by atoms with Gasteiger partial charge in [0.05, 0.1) is 5.69 Å². The van der Waals surface area contributed by atoms with Crippen LogP contribution in [0.1, 0.15) is 59.3 Å². The van der Waals surface area contributed by atoms with Gasteiger partial charge in [0, 0.05) is 18.2 Å². The standard InChI is InChI=1S/C21H25NO/c1-6-22-20-12-15(4)19(11-16(20)5)21(23)13-17-7-9-18(10-8-17)14(2)3/h6-12,14H,13H2,1-5H3. The van der Waals surface area contributed by atoms with Crippen LogP contribution in [0.25, 0.3) is 0 Å². The lowest BCUT2D eigenvalue weighted by atomic mass is 9.95. The third kappa shape index (κ3) is 4.16. The summed E-state index contributed by atoms with van der Waals surface area (Å²) in [5, 5.41) is 0. The predicted molar refractivity (Wildman–Crippen MR) is 98.3 cm³/mol. The van der Waals surface area contributed by atoms with Gasteiger partial charge in [-0.15, -0.1) is 0 Å². The summed E-state index contributed by atoms with van der Waals surface area (Å²) < 4.78 is 0. The van der Waals surface area contributed by atoms with Gasteiger partial charge in [0.1, 0.15) is 0 Å². The number of nitrogens with zero attached hydrogens (tertiary/aromatic N) is 1. The molecule has 0 fully saturated rings. The number of hydrogen-bond donors (Lipinski definition) is 0. The van der Waals surface area contributed by atoms with E-state index < -0.39 is 0 Å². The molecule has 2 aromatic rings. The molecule has 0 bridgehead atoms. The molecule has 0 aromatic heterocycles. The van der Waals surface area contributed by atoms with Crippen LogP contribution in [0, 0.1) is 13.8 Å². The molecule has 0 aliphatic rings. The highest BCUT2D eigenvalue weighted by Gasteiger charge is 2.12. The summed E-state index contributed by atoms with van der Waals surface area (Å²) in [6.07, 6.45) is 2.22. The molecule has 0 amide bonds. The van der Waals surface area contributed by atoms with Crippen LogP contribution < -0.4 is 0 Å². The molecule has 0 aliphatic heterocycles. The van der Waals surface area contributed by atoms with Gasteiger partial charge in [-0.25, -0.2) is 0 Å². The summed E-state index contributed by atoms with van der Waals surface area (Å²) in [6, 6.07) is 12.3. The quantitative estimate of drug-likeness (QED) is 0.524. The molecule has 0 saturated heterocycles. The fourth-order valence-electron chi connectivity index (χ4n) is 2.68. The van der Waals surface area contributed by atoms with E-state index in [9.17, 15) is 4.79 Å². The average Bonchev–Trinajstić information content (AvgIpc) is 2.51. The van der Waals surface area contributed by atoms with Crippen LogP contribution >= 0.6 is 0 Å². The Labute approximate surface area is 139 Å². The maximum atomic E-state index is 12.6. The number of benzene rings is 2. The molecule has 0 atom stereocenters. The Morgan fingerprint density at radius 1 is 1.09 bits per heavy atom. The summed E-state index contributed by atoms with van der Waals surface area (Å²) in [5.74, 6) is 0.672. The maximum absolute atomic E-state index is 12.6. The fraction of sp³-hybridized carbons (Fsp3) is 0.333. The minimum absolute atomic E-state index is 0.162. The largest absolute Gasteiger partial charge is 0.294 e. The van der Waals surface area contributed by atoms with E-state index >= 15 is 0 Å². The molecule has 0 spiro atoms. The molecule has 0 aliphatic carbocycles. The molecule has 0 unspecified atom stereocenters. The van der Waals surface area contributed by atoms with Crippen molar-refractivity contribution in [3.63, 3.8) is 0 Å². The molecule has 23 heavy (non-hydrogen) atoms. The van der Waals surface area contributed by atoms with Gasteiger partial charge >= 0.3 is 0 Å². The van der Waals surface area contributed by atoms with Crippen molar-refractivity contribution in [3.8, 4) is 0 Å². The molecule has 120 valence electrons. The maximum Gasteiger partial charge on any atom is 0.167 e. The van der Waals surface area contributed by atoms with Crippen LogP contribution in [-0.4, -0.2) is 12.0 Å². The average molecular weight is 307 g/mol. The summed E-state index contributed by atoms with van der Waals surface area (Å²) in [4.78, 5) is 17.0. The normalized spacial score (nSPS) is 11.4. The second kappa shape index (κ2) is 7.36. The third-order valence-electron chi connectivity index (χ3n) is 4.12.